The number of anilines is 3. The summed E-state index contributed by atoms with van der Waals surface area (Å²) in [6.07, 6.45) is 10.5. The molecule has 3 heterocycles. The zero-order valence-corrected chi connectivity index (χ0v) is 32.3. The lowest BCUT2D eigenvalue weighted by atomic mass is 10.2. The summed E-state index contributed by atoms with van der Waals surface area (Å²) in [4.78, 5) is 59.6. The van der Waals surface area contributed by atoms with Crippen molar-refractivity contribution in [2.24, 2.45) is 11.5 Å². The number of hydrogen-bond donors (Lipinski definition) is 6. The number of nitrogens with one attached hydrogen (secondary N) is 2. The second-order valence-corrected chi connectivity index (χ2v) is 11.9. The van der Waals surface area contributed by atoms with Crippen molar-refractivity contribution in [3.63, 3.8) is 0 Å². The molecule has 0 saturated heterocycles. The summed E-state index contributed by atoms with van der Waals surface area (Å²) in [6, 6.07) is 22.0. The normalized spacial score (nSPS) is 10.4. The summed E-state index contributed by atoms with van der Waals surface area (Å²) in [5.41, 5.74) is 25.9. The molecule has 3 amide bonds. The van der Waals surface area contributed by atoms with E-state index < -0.39 is 17.9 Å². The van der Waals surface area contributed by atoms with Gasteiger partial charge in [0, 0.05) is 54.4 Å². The Hall–Kier alpha value is -7.26. The number of carbonyl (C=O) groups excluding carboxylic acids is 4. The fourth-order valence-corrected chi connectivity index (χ4v) is 4.66. The molecule has 18 heteroatoms. The van der Waals surface area contributed by atoms with Crippen LogP contribution in [0.25, 0.3) is 11.2 Å². The number of fused-ring (bicyclic) bond motifs is 1. The molecule has 3 aromatic heterocycles. The number of nitrogen functional groups attached to an aromatic ring is 2. The molecule has 0 unspecified atom stereocenters. The van der Waals surface area contributed by atoms with E-state index in [9.17, 15) is 19.2 Å². The van der Waals surface area contributed by atoms with Crippen LogP contribution in [0.5, 0.6) is 0 Å². The van der Waals surface area contributed by atoms with Crippen LogP contribution in [0.4, 0.5) is 22.2 Å². The van der Waals surface area contributed by atoms with E-state index in [0.717, 1.165) is 11.1 Å². The van der Waals surface area contributed by atoms with E-state index in [0.29, 0.717) is 55.1 Å². The highest BCUT2D eigenvalue weighted by Gasteiger charge is 2.11. The number of alkyl carbamates (subject to hydrolysis) is 1. The molecule has 0 fully saturated rings. The van der Waals surface area contributed by atoms with Crippen molar-refractivity contribution in [3.05, 3.63) is 132 Å². The Morgan fingerprint density at radius 1 is 0.807 bits per heavy atom. The van der Waals surface area contributed by atoms with Crippen molar-refractivity contribution >= 4 is 68.4 Å². The number of aromatic nitrogens is 4. The quantitative estimate of drug-likeness (QED) is 0.0581. The molecule has 2 aromatic carbocycles. The van der Waals surface area contributed by atoms with Crippen LogP contribution < -0.4 is 33.6 Å². The van der Waals surface area contributed by atoms with Crippen LogP contribution >= 0.6 is 15.9 Å². The molecular weight excluding hydrogens is 798 g/mol. The molecule has 5 aromatic rings. The summed E-state index contributed by atoms with van der Waals surface area (Å²) >= 11 is 2.45. The monoisotopic (exact) mass is 839 g/mol. The van der Waals surface area contributed by atoms with Crippen molar-refractivity contribution in [3.8, 4) is 4.98 Å². The molecule has 0 atom stereocenters. The number of ether oxygens (including phenoxy) is 2. The Morgan fingerprint density at radius 3 is 2.00 bits per heavy atom. The van der Waals surface area contributed by atoms with E-state index in [1.165, 1.54) is 18.5 Å². The first-order valence-electron chi connectivity index (χ1n) is 17.2. The number of nitrogens with zero attached hydrogens (tertiary/aromatic N) is 5. The van der Waals surface area contributed by atoms with Gasteiger partial charge in [0.15, 0.2) is 5.65 Å². The largest absolute Gasteiger partial charge is 0.461 e. The van der Waals surface area contributed by atoms with Crippen molar-refractivity contribution in [2.75, 3.05) is 29.9 Å². The zero-order valence-electron chi connectivity index (χ0n) is 30.7. The molecule has 10 N–H and O–H groups in total. The van der Waals surface area contributed by atoms with Crippen LogP contribution in [0.2, 0.25) is 0 Å². The topological polar surface area (TPSA) is 282 Å². The van der Waals surface area contributed by atoms with Gasteiger partial charge in [0.1, 0.15) is 29.5 Å². The van der Waals surface area contributed by atoms with Crippen LogP contribution in [-0.4, -0.2) is 56.5 Å². The number of benzene rings is 2. The number of primary amides is 2. The van der Waals surface area contributed by atoms with Gasteiger partial charge in [0.05, 0.1) is 16.8 Å². The van der Waals surface area contributed by atoms with Gasteiger partial charge >= 0.3 is 12.1 Å². The fraction of sp³-hybridized carbons (Fsp3) is 0.179. The predicted molar refractivity (Wildman–Crippen MR) is 219 cm³/mol. The number of halogens is 1. The minimum atomic E-state index is -0.576. The third kappa shape index (κ3) is 15.9. The Balaban J connectivity index is 0.000000287. The molecular formula is C39H42BrN11O6. The number of amides is 3. The van der Waals surface area contributed by atoms with Crippen molar-refractivity contribution in [2.45, 2.75) is 32.6 Å². The summed E-state index contributed by atoms with van der Waals surface area (Å²) in [5, 5.41) is 12.9. The van der Waals surface area contributed by atoms with Gasteiger partial charge in [-0.15, -0.1) is 0 Å². The summed E-state index contributed by atoms with van der Waals surface area (Å²) < 4.78 is 12.0. The minimum absolute atomic E-state index is 0.215. The number of rotatable bonds is 16. The molecule has 0 saturated carbocycles. The molecule has 0 aliphatic heterocycles. The van der Waals surface area contributed by atoms with Crippen LogP contribution in [0.1, 0.15) is 44.7 Å². The van der Waals surface area contributed by atoms with E-state index >= 15 is 0 Å². The highest BCUT2D eigenvalue weighted by Crippen LogP contribution is 2.17. The van der Waals surface area contributed by atoms with Gasteiger partial charge in [-0.2, -0.15) is 5.26 Å². The first-order chi connectivity index (χ1) is 27.5. The number of pyridine rings is 2. The van der Waals surface area contributed by atoms with E-state index in [4.69, 9.17) is 37.7 Å². The fourth-order valence-electron chi connectivity index (χ4n) is 4.66. The molecule has 0 aliphatic rings. The number of nitrogens with two attached hydrogens (primary N) is 4. The number of allylic oxidation sites excluding steroid dienone is 2. The van der Waals surface area contributed by atoms with Gasteiger partial charge in [-0.25, -0.2) is 19.7 Å². The Labute approximate surface area is 336 Å². The second kappa shape index (κ2) is 24.2. The van der Waals surface area contributed by atoms with Crippen LogP contribution in [0.3, 0.4) is 0 Å². The summed E-state index contributed by atoms with van der Waals surface area (Å²) in [5.74, 6) is -0.646. The highest BCUT2D eigenvalue weighted by molar-refractivity contribution is 9.12. The number of imidazole rings is 1. The first kappa shape index (κ1) is 44.1. The second-order valence-electron chi connectivity index (χ2n) is 11.6. The number of esters is 1. The Bertz CT molecular complexity index is 2190. The SMILES string of the molecule is N#CBr.NC(=O)c1cnc(NC/C=C/CCC(=O)OCc2ccccc2)c(N)c1.NC(=O)c1cnc2c(c1)nc(N)n2C/C=C/CNC(=O)OCc1ccccc1. The van der Waals surface area contributed by atoms with Crippen molar-refractivity contribution in [1.29, 1.82) is 5.26 Å². The molecule has 0 aliphatic carbocycles. The van der Waals surface area contributed by atoms with E-state index in [2.05, 4.69) is 41.5 Å². The Morgan fingerprint density at radius 2 is 1.39 bits per heavy atom. The molecule has 0 bridgehead atoms. The highest BCUT2D eigenvalue weighted by atomic mass is 79.9. The molecule has 296 valence electrons. The average molecular weight is 841 g/mol. The first-order valence-corrected chi connectivity index (χ1v) is 18.0. The lowest BCUT2D eigenvalue weighted by Gasteiger charge is -2.07. The zero-order chi connectivity index (χ0) is 41.4. The third-order valence-electron chi connectivity index (χ3n) is 7.44. The molecule has 17 nitrogen and oxygen atoms in total. The average Bonchev–Trinajstić information content (AvgIpc) is 3.52. The third-order valence-corrected chi connectivity index (χ3v) is 7.44. The van der Waals surface area contributed by atoms with Gasteiger partial charge in [0.2, 0.25) is 17.8 Å². The van der Waals surface area contributed by atoms with Gasteiger partial charge in [-0.05, 0) is 29.7 Å². The van der Waals surface area contributed by atoms with E-state index in [1.807, 2.05) is 78.9 Å². The summed E-state index contributed by atoms with van der Waals surface area (Å²) in [7, 11) is 0. The van der Waals surface area contributed by atoms with Crippen LogP contribution in [0, 0.1) is 10.2 Å². The molecule has 0 spiro atoms. The maximum absolute atomic E-state index is 11.7. The lowest BCUT2D eigenvalue weighted by molar-refractivity contribution is -0.144. The molecule has 0 radical (unpaired) electrons. The predicted octanol–water partition coefficient (Wildman–Crippen LogP) is 4.71. The molecule has 5 rings (SSSR count). The maximum atomic E-state index is 11.7. The lowest BCUT2D eigenvalue weighted by Crippen LogP contribution is -2.24. The van der Waals surface area contributed by atoms with E-state index in [-0.39, 0.29) is 36.3 Å². The number of carbonyl (C=O) groups is 4. The Kier molecular flexibility index (Phi) is 18.7. The number of nitriles is 1. The van der Waals surface area contributed by atoms with Gasteiger partial charge in [0.25, 0.3) is 0 Å². The van der Waals surface area contributed by atoms with Crippen molar-refractivity contribution in [1.82, 2.24) is 24.8 Å². The maximum Gasteiger partial charge on any atom is 0.407 e. The van der Waals surface area contributed by atoms with E-state index in [1.54, 1.807) is 21.7 Å². The number of hydrogen-bond acceptors (Lipinski definition) is 13. The molecule has 57 heavy (non-hydrogen) atoms. The standard InChI is InChI=1S/C19H20N6O3.C19H22N4O3.CBrN/c20-16(26)14-10-15-17(23-11-14)25(18(21)24-15)9-5-4-8-22-19(27)28-12-13-6-2-1-3-7-13;20-16-11-15(18(21)25)12-23-19(16)22-10-6-2-5-9-17(24)26-13-14-7-3-1-4-8-14;2-1-3/h1-7,10-11H,8-9,12H2,(H2,20,26)(H2,21,24)(H,22,27);1-4,6-8,11-12H,5,9-10,13,20H2,(H2,21,25)(H,22,23);/b5-4+;6-2+;. The summed E-state index contributed by atoms with van der Waals surface area (Å²) in [6.45, 7) is 1.71. The van der Waals surface area contributed by atoms with Crippen molar-refractivity contribution < 1.29 is 28.7 Å². The van der Waals surface area contributed by atoms with Crippen LogP contribution in [-0.2, 0) is 34.0 Å². The smallest absolute Gasteiger partial charge is 0.407 e. The van der Waals surface area contributed by atoms with Gasteiger partial charge < -0.3 is 43.0 Å². The van der Waals surface area contributed by atoms with Gasteiger partial charge in [-0.1, -0.05) is 85.0 Å². The van der Waals surface area contributed by atoms with Crippen LogP contribution in [0.15, 0.2) is 109 Å². The van der Waals surface area contributed by atoms with Gasteiger partial charge in [-0.3, -0.25) is 19.0 Å². The minimum Gasteiger partial charge on any atom is -0.461 e.